The molecular weight excluding hydrogens is 492 g/mol. The van der Waals surface area contributed by atoms with Gasteiger partial charge < -0.3 is 14.2 Å². The summed E-state index contributed by atoms with van der Waals surface area (Å²) in [6, 6.07) is 13.4. The summed E-state index contributed by atoms with van der Waals surface area (Å²) in [6.45, 7) is 7.70. The molecular formula is C28H28N2O4S2. The van der Waals surface area contributed by atoms with Gasteiger partial charge in [-0.15, -0.1) is 6.58 Å². The van der Waals surface area contributed by atoms with E-state index in [0.717, 1.165) is 36.1 Å². The molecule has 1 amide bonds. The van der Waals surface area contributed by atoms with Gasteiger partial charge in [-0.1, -0.05) is 48.3 Å². The lowest BCUT2D eigenvalue weighted by atomic mass is 10.0. The molecule has 0 aliphatic carbocycles. The van der Waals surface area contributed by atoms with Gasteiger partial charge in [-0.25, -0.2) is 0 Å². The minimum absolute atomic E-state index is 0.0400. The fourth-order valence-corrected chi connectivity index (χ4v) is 5.48. The standard InChI is InChI=1S/C28H28N2O4S2/c1-3-8-20-13-19(15-25-27(31)30(28(35)36-25)17-23-11-7-12-33-23)14-24(32-4-2)26(20)34-18-22-10-6-5-9-21(22)16-29/h3,5-6,9-10,13-15,23H,1,4,7-8,11-12,17-18H2,2H3/b25-15-/t23-/m0/s1. The van der Waals surface area contributed by atoms with Crippen LogP contribution in [0.1, 0.15) is 42.0 Å². The molecule has 186 valence electrons. The lowest BCUT2D eigenvalue weighted by Crippen LogP contribution is -2.35. The average molecular weight is 521 g/mol. The summed E-state index contributed by atoms with van der Waals surface area (Å²) in [5.41, 5.74) is 3.07. The number of hydrogen-bond acceptors (Lipinski definition) is 7. The molecule has 0 unspecified atom stereocenters. The van der Waals surface area contributed by atoms with Crippen molar-refractivity contribution in [2.24, 2.45) is 0 Å². The molecule has 0 spiro atoms. The van der Waals surface area contributed by atoms with Gasteiger partial charge in [0.05, 0.1) is 35.8 Å². The number of carbonyl (C=O) groups is 1. The number of allylic oxidation sites excluding steroid dienone is 1. The fraction of sp³-hybridized carbons (Fsp3) is 0.321. The van der Waals surface area contributed by atoms with Gasteiger partial charge in [0, 0.05) is 17.7 Å². The second kappa shape index (κ2) is 12.2. The Kier molecular flexibility index (Phi) is 8.81. The zero-order chi connectivity index (χ0) is 25.5. The Labute approximate surface area is 221 Å². The minimum atomic E-state index is -0.0998. The van der Waals surface area contributed by atoms with E-state index in [9.17, 15) is 10.1 Å². The second-order valence-corrected chi connectivity index (χ2v) is 10.1. The largest absolute Gasteiger partial charge is 0.490 e. The van der Waals surface area contributed by atoms with Crippen molar-refractivity contribution in [2.75, 3.05) is 19.8 Å². The monoisotopic (exact) mass is 520 g/mol. The molecule has 2 aliphatic rings. The molecule has 2 aliphatic heterocycles. The third-order valence-corrected chi connectivity index (χ3v) is 7.29. The summed E-state index contributed by atoms with van der Waals surface area (Å²) in [7, 11) is 0. The van der Waals surface area contributed by atoms with Crippen molar-refractivity contribution in [3.8, 4) is 17.6 Å². The first-order valence-corrected chi connectivity index (χ1v) is 13.1. The van der Waals surface area contributed by atoms with E-state index in [1.165, 1.54) is 11.8 Å². The quantitative estimate of drug-likeness (QED) is 0.228. The van der Waals surface area contributed by atoms with Crippen LogP contribution >= 0.6 is 24.0 Å². The highest BCUT2D eigenvalue weighted by Crippen LogP contribution is 2.38. The van der Waals surface area contributed by atoms with Crippen LogP contribution in [0.5, 0.6) is 11.5 Å². The molecule has 0 N–H and O–H groups in total. The van der Waals surface area contributed by atoms with E-state index in [2.05, 4.69) is 12.6 Å². The molecule has 2 fully saturated rings. The Morgan fingerprint density at radius 2 is 2.14 bits per heavy atom. The van der Waals surface area contributed by atoms with Gasteiger partial charge in [0.25, 0.3) is 5.91 Å². The molecule has 6 nitrogen and oxygen atoms in total. The van der Waals surface area contributed by atoms with Crippen LogP contribution in [0, 0.1) is 11.3 Å². The molecule has 2 aromatic carbocycles. The lowest BCUT2D eigenvalue weighted by molar-refractivity contribution is -0.123. The molecule has 0 bridgehead atoms. The lowest BCUT2D eigenvalue weighted by Gasteiger charge is -2.18. The number of nitriles is 1. The van der Waals surface area contributed by atoms with Crippen LogP contribution < -0.4 is 9.47 Å². The van der Waals surface area contributed by atoms with Gasteiger partial charge in [-0.3, -0.25) is 9.69 Å². The second-order valence-electron chi connectivity index (χ2n) is 8.42. The molecule has 2 aromatic rings. The van der Waals surface area contributed by atoms with Crippen LogP contribution in [0.25, 0.3) is 6.08 Å². The molecule has 0 radical (unpaired) electrons. The molecule has 36 heavy (non-hydrogen) atoms. The van der Waals surface area contributed by atoms with Crippen molar-refractivity contribution in [1.29, 1.82) is 5.26 Å². The topological polar surface area (TPSA) is 71.8 Å². The first-order valence-electron chi connectivity index (χ1n) is 11.9. The molecule has 0 aromatic heterocycles. The molecule has 2 heterocycles. The number of thiocarbonyl (C=S) groups is 1. The fourth-order valence-electron chi connectivity index (χ4n) is 4.21. The zero-order valence-electron chi connectivity index (χ0n) is 20.2. The summed E-state index contributed by atoms with van der Waals surface area (Å²) < 4.78 is 18.4. The van der Waals surface area contributed by atoms with Crippen LogP contribution in [0.15, 0.2) is 54.0 Å². The Morgan fingerprint density at radius 1 is 1.31 bits per heavy atom. The number of carbonyl (C=O) groups excluding carboxylic acids is 1. The van der Waals surface area contributed by atoms with E-state index in [1.54, 1.807) is 17.0 Å². The maximum absolute atomic E-state index is 13.1. The van der Waals surface area contributed by atoms with Crippen molar-refractivity contribution >= 4 is 40.3 Å². The number of thioether (sulfide) groups is 1. The number of nitrogens with zero attached hydrogens (tertiary/aromatic N) is 2. The van der Waals surface area contributed by atoms with Crippen LogP contribution in [0.2, 0.25) is 0 Å². The third-order valence-electron chi connectivity index (χ3n) is 5.91. The summed E-state index contributed by atoms with van der Waals surface area (Å²) in [5, 5.41) is 9.40. The van der Waals surface area contributed by atoms with Crippen molar-refractivity contribution in [3.05, 3.63) is 76.2 Å². The number of ether oxygens (including phenoxy) is 3. The predicted octanol–water partition coefficient (Wildman–Crippen LogP) is 5.64. The van der Waals surface area contributed by atoms with E-state index in [1.807, 2.05) is 43.3 Å². The van der Waals surface area contributed by atoms with Crippen LogP contribution in [0.3, 0.4) is 0 Å². The minimum Gasteiger partial charge on any atom is -0.490 e. The average Bonchev–Trinajstić information content (AvgIpc) is 3.48. The first kappa shape index (κ1) is 26.0. The van der Waals surface area contributed by atoms with E-state index in [-0.39, 0.29) is 18.6 Å². The van der Waals surface area contributed by atoms with Gasteiger partial charge in [0.1, 0.15) is 10.9 Å². The molecule has 0 saturated carbocycles. The van der Waals surface area contributed by atoms with E-state index >= 15 is 0 Å². The number of amides is 1. The third kappa shape index (κ3) is 5.98. The van der Waals surface area contributed by atoms with Gasteiger partial charge in [0.2, 0.25) is 0 Å². The van der Waals surface area contributed by atoms with Gasteiger partial charge in [-0.2, -0.15) is 5.26 Å². The highest BCUT2D eigenvalue weighted by atomic mass is 32.2. The summed E-state index contributed by atoms with van der Waals surface area (Å²) in [6.07, 6.45) is 6.19. The van der Waals surface area contributed by atoms with Crippen molar-refractivity contribution < 1.29 is 19.0 Å². The number of benzene rings is 2. The van der Waals surface area contributed by atoms with Gasteiger partial charge in [-0.05, 0) is 56.0 Å². The first-order chi connectivity index (χ1) is 17.5. The zero-order valence-corrected chi connectivity index (χ0v) is 21.8. The Balaban J connectivity index is 1.61. The number of rotatable bonds is 10. The van der Waals surface area contributed by atoms with Crippen LogP contribution in [-0.4, -0.2) is 41.0 Å². The van der Waals surface area contributed by atoms with E-state index in [4.69, 9.17) is 26.4 Å². The molecule has 4 rings (SSSR count). The van der Waals surface area contributed by atoms with Crippen molar-refractivity contribution in [2.45, 2.75) is 38.9 Å². The summed E-state index contributed by atoms with van der Waals surface area (Å²) in [5.74, 6) is 1.08. The molecule has 8 heteroatoms. The molecule has 2 saturated heterocycles. The Hall–Kier alpha value is -3.12. The Morgan fingerprint density at radius 3 is 2.86 bits per heavy atom. The molecule has 1 atom stereocenters. The maximum Gasteiger partial charge on any atom is 0.266 e. The van der Waals surface area contributed by atoms with Crippen molar-refractivity contribution in [3.63, 3.8) is 0 Å². The van der Waals surface area contributed by atoms with Crippen LogP contribution in [0.4, 0.5) is 0 Å². The summed E-state index contributed by atoms with van der Waals surface area (Å²) in [4.78, 5) is 15.3. The smallest absolute Gasteiger partial charge is 0.266 e. The highest BCUT2D eigenvalue weighted by molar-refractivity contribution is 8.26. The maximum atomic E-state index is 13.1. The van der Waals surface area contributed by atoms with Crippen molar-refractivity contribution in [1.82, 2.24) is 4.90 Å². The van der Waals surface area contributed by atoms with Gasteiger partial charge in [0.15, 0.2) is 11.5 Å². The normalized spacial score (nSPS) is 18.5. The Bertz CT molecular complexity index is 1230. The van der Waals surface area contributed by atoms with E-state index in [0.29, 0.717) is 45.9 Å². The predicted molar refractivity (Wildman–Crippen MR) is 146 cm³/mol. The van der Waals surface area contributed by atoms with Crippen LogP contribution in [-0.2, 0) is 22.6 Å². The summed E-state index contributed by atoms with van der Waals surface area (Å²) >= 11 is 6.80. The van der Waals surface area contributed by atoms with Gasteiger partial charge >= 0.3 is 0 Å². The highest BCUT2D eigenvalue weighted by Gasteiger charge is 2.34. The number of hydrogen-bond donors (Lipinski definition) is 0. The SMILES string of the molecule is C=CCc1cc(/C=C2\SC(=S)N(C[C@@H]3CCCO3)C2=O)cc(OCC)c1OCc1ccccc1C#N. The van der Waals surface area contributed by atoms with E-state index < -0.39 is 0 Å².